The van der Waals surface area contributed by atoms with E-state index in [1.165, 1.54) is 15.6 Å². The van der Waals surface area contributed by atoms with Crippen LogP contribution in [0.1, 0.15) is 26.3 Å². The van der Waals surface area contributed by atoms with Crippen molar-refractivity contribution in [1.82, 2.24) is 0 Å². The first-order valence-corrected chi connectivity index (χ1v) is 13.9. The van der Waals surface area contributed by atoms with Crippen molar-refractivity contribution in [2.75, 3.05) is 4.57 Å². The molecule has 0 aliphatic heterocycles. The molecule has 2 aromatic carbocycles. The Labute approximate surface area is 155 Å². The minimum atomic E-state index is -1.55. The van der Waals surface area contributed by atoms with E-state index in [0.29, 0.717) is 0 Å². The minimum absolute atomic E-state index is 0.0151. The summed E-state index contributed by atoms with van der Waals surface area (Å²) in [7, 11) is -1.55. The van der Waals surface area contributed by atoms with Crippen LogP contribution in [0.15, 0.2) is 54.6 Å². The van der Waals surface area contributed by atoms with Gasteiger partial charge >= 0.3 is 155 Å². The third-order valence-electron chi connectivity index (χ3n) is 3.84. The second-order valence-corrected chi connectivity index (χ2v) is 15.6. The zero-order valence-electron chi connectivity index (χ0n) is 16.1. The summed E-state index contributed by atoms with van der Waals surface area (Å²) >= 11 is -0.0151. The molecule has 0 aromatic heterocycles. The molecule has 0 unspecified atom stereocenters. The van der Waals surface area contributed by atoms with Gasteiger partial charge in [-0.05, 0) is 0 Å². The standard InChI is InChI=1S/C21H30AsNSi/c1-17-13-15-19(16-14-17)23(24(5,6)7)20(21(2,3)4)22-18-11-9-8-10-12-18/h8-16H,1-7H3. The maximum absolute atomic E-state index is 2.71. The number of rotatable bonds is 4. The van der Waals surface area contributed by atoms with Gasteiger partial charge in [0, 0.05) is 0 Å². The molecule has 1 nitrogen and oxygen atoms in total. The van der Waals surface area contributed by atoms with E-state index in [1.54, 1.807) is 4.43 Å². The number of nitrogens with zero attached hydrogens (tertiary/aromatic N) is 1. The van der Waals surface area contributed by atoms with Crippen molar-refractivity contribution in [1.29, 1.82) is 0 Å². The third-order valence-corrected chi connectivity index (χ3v) is 9.51. The second kappa shape index (κ2) is 7.41. The van der Waals surface area contributed by atoms with Gasteiger partial charge in [-0.25, -0.2) is 0 Å². The van der Waals surface area contributed by atoms with Gasteiger partial charge in [0.25, 0.3) is 0 Å². The van der Waals surface area contributed by atoms with Crippen LogP contribution in [-0.2, 0) is 0 Å². The molecule has 24 heavy (non-hydrogen) atoms. The van der Waals surface area contributed by atoms with E-state index in [0.717, 1.165) is 0 Å². The summed E-state index contributed by atoms with van der Waals surface area (Å²) in [6.07, 6.45) is 0. The SMILES string of the molecule is Cc1ccc(N(C(=[As]c2ccccc2)C(C)(C)C)[Si](C)(C)C)cc1. The van der Waals surface area contributed by atoms with Gasteiger partial charge in [0.15, 0.2) is 0 Å². The molecule has 0 heterocycles. The maximum atomic E-state index is 2.71. The van der Waals surface area contributed by atoms with Crippen molar-refractivity contribution < 1.29 is 0 Å². The first-order chi connectivity index (χ1) is 11.1. The fourth-order valence-electron chi connectivity index (χ4n) is 2.70. The van der Waals surface area contributed by atoms with Crippen molar-refractivity contribution in [2.24, 2.45) is 5.41 Å². The quantitative estimate of drug-likeness (QED) is 0.665. The molecule has 0 spiro atoms. The molecule has 0 aliphatic rings. The van der Waals surface area contributed by atoms with Crippen LogP contribution in [0.2, 0.25) is 19.6 Å². The third kappa shape index (κ3) is 4.94. The van der Waals surface area contributed by atoms with Gasteiger partial charge in [-0.1, -0.05) is 0 Å². The van der Waals surface area contributed by atoms with Crippen LogP contribution in [0, 0.1) is 12.3 Å². The molecular weight excluding hydrogens is 369 g/mol. The molecule has 0 radical (unpaired) electrons. The zero-order valence-corrected chi connectivity index (χ0v) is 19.0. The molecule has 0 saturated carbocycles. The molecule has 2 aromatic rings. The molecule has 0 N–H and O–H groups in total. The van der Waals surface area contributed by atoms with E-state index in [9.17, 15) is 0 Å². The van der Waals surface area contributed by atoms with Crippen LogP contribution >= 0.6 is 0 Å². The first kappa shape index (κ1) is 19.2. The summed E-state index contributed by atoms with van der Waals surface area (Å²) in [5.41, 5.74) is 2.85. The second-order valence-electron chi connectivity index (χ2n) is 8.36. The average molecular weight is 399 g/mol. The van der Waals surface area contributed by atoms with Crippen molar-refractivity contribution in [3.63, 3.8) is 0 Å². The molecule has 0 aliphatic carbocycles. The Morgan fingerprint density at radius 1 is 0.875 bits per heavy atom. The van der Waals surface area contributed by atoms with Gasteiger partial charge in [-0.3, -0.25) is 0 Å². The number of anilines is 1. The van der Waals surface area contributed by atoms with Gasteiger partial charge in [0.05, 0.1) is 0 Å². The van der Waals surface area contributed by atoms with Crippen LogP contribution in [-0.4, -0.2) is 28.0 Å². The first-order valence-electron chi connectivity index (χ1n) is 8.60. The van der Waals surface area contributed by atoms with Crippen molar-refractivity contribution in [2.45, 2.75) is 47.3 Å². The summed E-state index contributed by atoms with van der Waals surface area (Å²) in [4.78, 5) is 0. The molecule has 3 heteroatoms. The average Bonchev–Trinajstić information content (AvgIpc) is 2.47. The Morgan fingerprint density at radius 3 is 1.88 bits per heavy atom. The Balaban J connectivity index is 2.62. The Kier molecular flexibility index (Phi) is 5.93. The van der Waals surface area contributed by atoms with Gasteiger partial charge in [0.2, 0.25) is 0 Å². The predicted octanol–water partition coefficient (Wildman–Crippen LogP) is 4.84. The molecule has 0 atom stereocenters. The fourth-order valence-corrected chi connectivity index (χ4v) is 9.08. The van der Waals surface area contributed by atoms with E-state index >= 15 is 0 Å². The fraction of sp³-hybridized carbons (Fsp3) is 0.381. The summed E-state index contributed by atoms with van der Waals surface area (Å²) in [6, 6.07) is 20.1. The van der Waals surface area contributed by atoms with Crippen molar-refractivity contribution >= 4 is 38.0 Å². The topological polar surface area (TPSA) is 3.24 Å². The van der Waals surface area contributed by atoms with Crippen LogP contribution in [0.5, 0.6) is 0 Å². The van der Waals surface area contributed by atoms with Gasteiger partial charge < -0.3 is 0 Å². The van der Waals surface area contributed by atoms with Crippen LogP contribution in [0.3, 0.4) is 0 Å². The molecule has 0 saturated heterocycles. The molecular formula is C21H30AsNSi. The van der Waals surface area contributed by atoms with Gasteiger partial charge in [0.1, 0.15) is 0 Å². The summed E-state index contributed by atoms with van der Waals surface area (Å²) < 4.78 is 5.79. The van der Waals surface area contributed by atoms with E-state index in [-0.39, 0.29) is 20.7 Å². The Bertz CT molecular complexity index is 691. The Hall–Kier alpha value is -1.11. The summed E-state index contributed by atoms with van der Waals surface area (Å²) in [6.45, 7) is 16.6. The van der Waals surface area contributed by atoms with E-state index in [4.69, 9.17) is 0 Å². The number of hydrogen-bond acceptors (Lipinski definition) is 1. The van der Waals surface area contributed by atoms with Crippen molar-refractivity contribution in [3.8, 4) is 0 Å². The molecule has 128 valence electrons. The Morgan fingerprint density at radius 2 is 1.42 bits per heavy atom. The predicted molar refractivity (Wildman–Crippen MR) is 113 cm³/mol. The van der Waals surface area contributed by atoms with E-state index in [2.05, 4.69) is 106 Å². The molecule has 0 bridgehead atoms. The normalized spacial score (nSPS) is 13.0. The number of aryl methyl sites for hydroxylation is 1. The summed E-state index contributed by atoms with van der Waals surface area (Å²) in [5.74, 6) is 0. The van der Waals surface area contributed by atoms with Gasteiger partial charge in [-0.15, -0.1) is 0 Å². The number of hydrogen-bond donors (Lipinski definition) is 0. The van der Waals surface area contributed by atoms with Crippen LogP contribution in [0.25, 0.3) is 0 Å². The summed E-state index contributed by atoms with van der Waals surface area (Å²) in [5, 5.41) is 0. The molecule has 0 amide bonds. The number of benzene rings is 2. The molecule has 0 fully saturated rings. The van der Waals surface area contributed by atoms with Crippen LogP contribution in [0.4, 0.5) is 5.69 Å². The molecule has 2 rings (SSSR count). The van der Waals surface area contributed by atoms with Crippen LogP contribution < -0.4 is 8.92 Å². The van der Waals surface area contributed by atoms with E-state index < -0.39 is 8.24 Å². The zero-order chi connectivity index (χ0) is 18.0. The van der Waals surface area contributed by atoms with Gasteiger partial charge in [-0.2, -0.15) is 0 Å². The van der Waals surface area contributed by atoms with Crippen molar-refractivity contribution in [3.05, 3.63) is 60.2 Å². The van der Waals surface area contributed by atoms with E-state index in [1.807, 2.05) is 0 Å². The monoisotopic (exact) mass is 399 g/mol.